The Kier molecular flexibility index (Phi) is 7.90. The lowest BCUT2D eigenvalue weighted by molar-refractivity contribution is -0.384. The van der Waals surface area contributed by atoms with Crippen LogP contribution in [0.4, 0.5) is 10.7 Å². The van der Waals surface area contributed by atoms with E-state index < -0.39 is 10.9 Å². The highest BCUT2D eigenvalue weighted by molar-refractivity contribution is 7.17. The molecule has 0 saturated heterocycles. The molecule has 37 heavy (non-hydrogen) atoms. The van der Waals surface area contributed by atoms with Gasteiger partial charge in [-0.2, -0.15) is 0 Å². The first-order chi connectivity index (χ1) is 17.9. The number of nitrogens with one attached hydrogen (secondary N) is 1. The Labute approximate surface area is 218 Å². The minimum atomic E-state index is -0.580. The van der Waals surface area contributed by atoms with Gasteiger partial charge in [-0.05, 0) is 48.7 Å². The van der Waals surface area contributed by atoms with Crippen molar-refractivity contribution in [1.29, 1.82) is 0 Å². The first-order valence-corrected chi connectivity index (χ1v) is 12.4. The summed E-state index contributed by atoms with van der Waals surface area (Å²) in [5.74, 6) is -0.957. The van der Waals surface area contributed by atoms with Crippen LogP contribution in [0.1, 0.15) is 33.3 Å². The van der Waals surface area contributed by atoms with Gasteiger partial charge in [0.05, 0.1) is 11.5 Å². The number of nitrogens with zero attached hydrogens (tertiary/aromatic N) is 1. The van der Waals surface area contributed by atoms with Gasteiger partial charge in [0.1, 0.15) is 10.6 Å². The largest absolute Gasteiger partial charge is 0.462 e. The average molecular weight is 513 g/mol. The predicted molar refractivity (Wildman–Crippen MR) is 146 cm³/mol. The minimum Gasteiger partial charge on any atom is -0.462 e. The van der Waals surface area contributed by atoms with Crippen LogP contribution in [0.2, 0.25) is 0 Å². The zero-order chi connectivity index (χ0) is 26.4. The van der Waals surface area contributed by atoms with Gasteiger partial charge in [-0.1, -0.05) is 60.7 Å². The van der Waals surface area contributed by atoms with E-state index in [1.54, 1.807) is 25.1 Å². The molecule has 3 aromatic carbocycles. The Bertz CT molecular complexity index is 1460. The second-order valence-corrected chi connectivity index (χ2v) is 9.28. The lowest BCUT2D eigenvalue weighted by Crippen LogP contribution is -2.16. The zero-order valence-corrected chi connectivity index (χ0v) is 21.1. The number of hydrogen-bond donors (Lipinski definition) is 1. The molecule has 1 amide bonds. The van der Waals surface area contributed by atoms with E-state index in [4.69, 9.17) is 4.74 Å². The van der Waals surface area contributed by atoms with Gasteiger partial charge in [-0.15, -0.1) is 11.3 Å². The third kappa shape index (κ3) is 5.82. The topological polar surface area (TPSA) is 98.5 Å². The van der Waals surface area contributed by atoms with Crippen molar-refractivity contribution in [3.8, 4) is 11.1 Å². The van der Waals surface area contributed by atoms with E-state index in [0.717, 1.165) is 16.0 Å². The summed E-state index contributed by atoms with van der Waals surface area (Å²) in [6.07, 6.45) is 1.80. The SMILES string of the molecule is CCOC(=O)c1c(NC(=O)C(=Cc2ccccc2)c2ccccc2)sc(C)c1-c1ccc([N+](=O)[O-])cc1. The minimum absolute atomic E-state index is 0.0543. The van der Waals surface area contributed by atoms with Crippen LogP contribution in [0.3, 0.4) is 0 Å². The van der Waals surface area contributed by atoms with Gasteiger partial charge in [-0.3, -0.25) is 14.9 Å². The number of aryl methyl sites for hydroxylation is 1. The molecule has 4 aromatic rings. The van der Waals surface area contributed by atoms with Crippen LogP contribution in [-0.2, 0) is 9.53 Å². The number of nitro benzene ring substituents is 1. The highest BCUT2D eigenvalue weighted by Crippen LogP contribution is 2.41. The number of esters is 1. The molecule has 8 heteroatoms. The third-order valence-electron chi connectivity index (χ3n) is 5.60. The van der Waals surface area contributed by atoms with Gasteiger partial charge in [0.15, 0.2) is 0 Å². The number of carbonyl (C=O) groups is 2. The van der Waals surface area contributed by atoms with E-state index in [2.05, 4.69) is 5.32 Å². The predicted octanol–water partition coefficient (Wildman–Crippen LogP) is 6.99. The second-order valence-electron chi connectivity index (χ2n) is 8.05. The number of carbonyl (C=O) groups excluding carboxylic acids is 2. The van der Waals surface area contributed by atoms with Gasteiger partial charge in [0.2, 0.25) is 0 Å². The summed E-state index contributed by atoms with van der Waals surface area (Å²) in [6.45, 7) is 3.69. The Hall–Kier alpha value is -4.56. The molecule has 1 heterocycles. The maximum Gasteiger partial charge on any atom is 0.341 e. The van der Waals surface area contributed by atoms with Crippen molar-refractivity contribution < 1.29 is 19.2 Å². The van der Waals surface area contributed by atoms with Crippen molar-refractivity contribution in [3.63, 3.8) is 0 Å². The van der Waals surface area contributed by atoms with E-state index >= 15 is 0 Å². The average Bonchev–Trinajstić information content (AvgIpc) is 3.23. The van der Waals surface area contributed by atoms with Crippen molar-refractivity contribution >= 4 is 45.6 Å². The maximum absolute atomic E-state index is 13.6. The fraction of sp³-hybridized carbons (Fsp3) is 0.103. The molecule has 1 aromatic heterocycles. The van der Waals surface area contributed by atoms with Crippen molar-refractivity contribution in [2.45, 2.75) is 13.8 Å². The van der Waals surface area contributed by atoms with E-state index in [9.17, 15) is 19.7 Å². The first kappa shape index (κ1) is 25.5. The Morgan fingerprint density at radius 1 is 0.973 bits per heavy atom. The summed E-state index contributed by atoms with van der Waals surface area (Å²) in [5.41, 5.74) is 3.37. The maximum atomic E-state index is 13.6. The van der Waals surface area contributed by atoms with Gasteiger partial charge in [-0.25, -0.2) is 4.79 Å². The van der Waals surface area contributed by atoms with Gasteiger partial charge < -0.3 is 10.1 Å². The fourth-order valence-corrected chi connectivity index (χ4v) is 4.97. The van der Waals surface area contributed by atoms with Crippen molar-refractivity contribution in [2.24, 2.45) is 0 Å². The number of thiophene rings is 1. The molecule has 0 atom stereocenters. The summed E-state index contributed by atoms with van der Waals surface area (Å²) in [5, 5.41) is 14.4. The molecule has 4 rings (SSSR count). The summed E-state index contributed by atoms with van der Waals surface area (Å²) in [7, 11) is 0. The standard InChI is InChI=1S/C29H24N2O5S/c1-3-36-29(33)26-25(22-14-16-23(17-15-22)31(34)35)19(2)37-28(26)30-27(32)24(21-12-8-5-9-13-21)18-20-10-6-4-7-11-20/h4-18H,3H2,1-2H3,(H,30,32). The van der Waals surface area contributed by atoms with E-state index in [0.29, 0.717) is 21.7 Å². The normalized spacial score (nSPS) is 11.1. The smallest absolute Gasteiger partial charge is 0.341 e. The molecule has 0 aliphatic heterocycles. The van der Waals surface area contributed by atoms with Crippen LogP contribution >= 0.6 is 11.3 Å². The van der Waals surface area contributed by atoms with Crippen LogP contribution < -0.4 is 5.32 Å². The molecule has 0 radical (unpaired) electrons. The molecule has 186 valence electrons. The van der Waals surface area contributed by atoms with Gasteiger partial charge in [0, 0.05) is 28.1 Å². The molecule has 0 saturated carbocycles. The van der Waals surface area contributed by atoms with Crippen molar-refractivity contribution in [3.05, 3.63) is 117 Å². The number of anilines is 1. The number of hydrogen-bond acceptors (Lipinski definition) is 6. The van der Waals surface area contributed by atoms with Gasteiger partial charge in [0.25, 0.3) is 11.6 Å². The number of amides is 1. The third-order valence-corrected chi connectivity index (χ3v) is 6.62. The summed E-state index contributed by atoms with van der Waals surface area (Å²) < 4.78 is 5.32. The lowest BCUT2D eigenvalue weighted by Gasteiger charge is -2.11. The number of ether oxygens (including phenoxy) is 1. The van der Waals surface area contributed by atoms with Crippen molar-refractivity contribution in [2.75, 3.05) is 11.9 Å². The molecule has 0 fully saturated rings. The molecule has 0 spiro atoms. The van der Waals surface area contributed by atoms with Crippen LogP contribution in [0, 0.1) is 17.0 Å². The van der Waals surface area contributed by atoms with Gasteiger partial charge >= 0.3 is 5.97 Å². The number of nitro groups is 1. The summed E-state index contributed by atoms with van der Waals surface area (Å²) in [6, 6.07) is 24.7. The lowest BCUT2D eigenvalue weighted by atomic mass is 10.00. The number of non-ortho nitro benzene ring substituents is 1. The quantitative estimate of drug-likeness (QED) is 0.0902. The second kappa shape index (κ2) is 11.5. The van der Waals surface area contributed by atoms with Crippen LogP contribution in [0.25, 0.3) is 22.8 Å². The molecule has 1 N–H and O–H groups in total. The first-order valence-electron chi connectivity index (χ1n) is 11.6. The van der Waals surface area contributed by atoms with E-state index in [1.807, 2.05) is 67.6 Å². The molecular formula is C29H24N2O5S. The molecular weight excluding hydrogens is 488 g/mol. The fourth-order valence-electron chi connectivity index (χ4n) is 3.91. The molecule has 0 aliphatic carbocycles. The van der Waals surface area contributed by atoms with Crippen molar-refractivity contribution in [1.82, 2.24) is 0 Å². The van der Waals surface area contributed by atoms with E-state index in [-0.39, 0.29) is 23.8 Å². The Morgan fingerprint density at radius 3 is 2.19 bits per heavy atom. The molecule has 0 aliphatic rings. The highest BCUT2D eigenvalue weighted by atomic mass is 32.1. The monoisotopic (exact) mass is 512 g/mol. The van der Waals surface area contributed by atoms with Crippen LogP contribution in [-0.4, -0.2) is 23.4 Å². The number of benzene rings is 3. The zero-order valence-electron chi connectivity index (χ0n) is 20.3. The molecule has 0 unspecified atom stereocenters. The Balaban J connectivity index is 1.78. The van der Waals surface area contributed by atoms with Crippen LogP contribution in [0.15, 0.2) is 84.9 Å². The Morgan fingerprint density at radius 2 is 1.59 bits per heavy atom. The van der Waals surface area contributed by atoms with Crippen LogP contribution in [0.5, 0.6) is 0 Å². The van der Waals surface area contributed by atoms with E-state index in [1.165, 1.54) is 23.5 Å². The molecule has 0 bridgehead atoms. The number of rotatable bonds is 8. The summed E-state index contributed by atoms with van der Waals surface area (Å²) >= 11 is 1.25. The summed E-state index contributed by atoms with van der Waals surface area (Å²) in [4.78, 5) is 38.1. The molecule has 7 nitrogen and oxygen atoms in total. The highest BCUT2D eigenvalue weighted by Gasteiger charge is 2.27.